The molecular formula is C14H19BrO2. The Bertz CT molecular complexity index is 374. The predicted octanol–water partition coefficient (Wildman–Crippen LogP) is 4.33. The zero-order chi connectivity index (χ0) is 12.3. The van der Waals surface area contributed by atoms with Crippen LogP contribution in [0.25, 0.3) is 0 Å². The van der Waals surface area contributed by atoms with Crippen molar-refractivity contribution in [3.05, 3.63) is 23.8 Å². The highest BCUT2D eigenvalue weighted by molar-refractivity contribution is 9.09. The Morgan fingerprint density at radius 3 is 2.59 bits per heavy atom. The van der Waals surface area contributed by atoms with Crippen molar-refractivity contribution >= 4 is 15.9 Å². The monoisotopic (exact) mass is 298 g/mol. The Balaban J connectivity index is 2.15. The molecular weight excluding hydrogens is 280 g/mol. The second-order valence-electron chi connectivity index (χ2n) is 4.61. The molecule has 0 radical (unpaired) electrons. The molecule has 0 amide bonds. The van der Waals surface area contributed by atoms with E-state index in [2.05, 4.69) is 22.0 Å². The number of hydrogen-bond donors (Lipinski definition) is 0. The number of hydrogen-bond acceptors (Lipinski definition) is 2. The number of methoxy groups -OCH3 is 2. The Kier molecular flexibility index (Phi) is 4.32. The molecule has 1 aliphatic rings. The largest absolute Gasteiger partial charge is 0.497 e. The second kappa shape index (κ2) is 5.76. The lowest BCUT2D eigenvalue weighted by molar-refractivity contribution is 0.294. The minimum absolute atomic E-state index is 0.359. The van der Waals surface area contributed by atoms with Gasteiger partial charge in [-0.3, -0.25) is 0 Å². The van der Waals surface area contributed by atoms with Crippen LogP contribution in [0.4, 0.5) is 0 Å². The summed E-state index contributed by atoms with van der Waals surface area (Å²) in [5, 5.41) is 0. The number of rotatable bonds is 5. The van der Waals surface area contributed by atoms with Crippen molar-refractivity contribution in [3.8, 4) is 11.5 Å². The summed E-state index contributed by atoms with van der Waals surface area (Å²) >= 11 is 3.78. The van der Waals surface area contributed by atoms with Crippen molar-refractivity contribution < 1.29 is 9.47 Å². The van der Waals surface area contributed by atoms with E-state index in [0.717, 1.165) is 17.4 Å². The first-order valence-electron chi connectivity index (χ1n) is 6.10. The van der Waals surface area contributed by atoms with Crippen molar-refractivity contribution in [1.82, 2.24) is 0 Å². The maximum Gasteiger partial charge on any atom is 0.123 e. The molecule has 0 heterocycles. The fourth-order valence-corrected chi connectivity index (χ4v) is 3.12. The van der Waals surface area contributed by atoms with Gasteiger partial charge in [-0.2, -0.15) is 0 Å². The lowest BCUT2D eigenvalue weighted by atomic mass is 9.81. The van der Waals surface area contributed by atoms with E-state index >= 15 is 0 Å². The highest BCUT2D eigenvalue weighted by Gasteiger charge is 2.23. The molecule has 2 rings (SSSR count). The lowest BCUT2D eigenvalue weighted by Gasteiger charge is -2.28. The Hall–Kier alpha value is -0.700. The van der Waals surface area contributed by atoms with Crippen LogP contribution in [0.1, 0.15) is 36.1 Å². The van der Waals surface area contributed by atoms with E-state index in [1.54, 1.807) is 14.2 Å². The minimum atomic E-state index is 0.359. The molecule has 0 saturated heterocycles. The van der Waals surface area contributed by atoms with Gasteiger partial charge in [0.25, 0.3) is 0 Å². The van der Waals surface area contributed by atoms with E-state index in [1.807, 2.05) is 12.1 Å². The molecule has 1 aromatic carbocycles. The van der Waals surface area contributed by atoms with E-state index in [0.29, 0.717) is 4.83 Å². The van der Waals surface area contributed by atoms with Gasteiger partial charge in [-0.05, 0) is 30.5 Å². The Morgan fingerprint density at radius 1 is 1.29 bits per heavy atom. The van der Waals surface area contributed by atoms with E-state index in [9.17, 15) is 0 Å². The molecule has 94 valence electrons. The smallest absolute Gasteiger partial charge is 0.123 e. The highest BCUT2D eigenvalue weighted by atomic mass is 79.9. The van der Waals surface area contributed by atoms with E-state index in [-0.39, 0.29) is 0 Å². The van der Waals surface area contributed by atoms with Crippen molar-refractivity contribution in [2.45, 2.75) is 30.5 Å². The van der Waals surface area contributed by atoms with Crippen molar-refractivity contribution in [3.63, 3.8) is 0 Å². The van der Waals surface area contributed by atoms with Crippen LogP contribution in [-0.2, 0) is 0 Å². The van der Waals surface area contributed by atoms with Crippen LogP contribution in [-0.4, -0.2) is 14.2 Å². The maximum absolute atomic E-state index is 5.41. The van der Waals surface area contributed by atoms with Gasteiger partial charge in [-0.1, -0.05) is 35.2 Å². The molecule has 2 nitrogen and oxygen atoms in total. The van der Waals surface area contributed by atoms with E-state index < -0.39 is 0 Å². The van der Waals surface area contributed by atoms with Crippen molar-refractivity contribution in [2.24, 2.45) is 5.92 Å². The van der Waals surface area contributed by atoms with Crippen LogP contribution in [0, 0.1) is 5.92 Å². The molecule has 0 aromatic heterocycles. The average molecular weight is 299 g/mol. The van der Waals surface area contributed by atoms with Gasteiger partial charge in [0.1, 0.15) is 11.5 Å². The molecule has 17 heavy (non-hydrogen) atoms. The number of halogens is 1. The van der Waals surface area contributed by atoms with Gasteiger partial charge in [0, 0.05) is 10.4 Å². The van der Waals surface area contributed by atoms with Gasteiger partial charge < -0.3 is 9.47 Å². The molecule has 0 N–H and O–H groups in total. The quantitative estimate of drug-likeness (QED) is 0.753. The summed E-state index contributed by atoms with van der Waals surface area (Å²) in [5.41, 5.74) is 1.19. The van der Waals surface area contributed by atoms with Crippen LogP contribution in [0.2, 0.25) is 0 Å². The zero-order valence-electron chi connectivity index (χ0n) is 10.4. The summed E-state index contributed by atoms with van der Waals surface area (Å²) in [6, 6.07) is 5.98. The molecule has 0 bridgehead atoms. The van der Waals surface area contributed by atoms with Crippen LogP contribution in [0.5, 0.6) is 11.5 Å². The summed E-state index contributed by atoms with van der Waals surface area (Å²) in [6.45, 7) is 0. The molecule has 1 atom stereocenters. The molecule has 3 heteroatoms. The molecule has 1 saturated carbocycles. The van der Waals surface area contributed by atoms with Crippen LogP contribution >= 0.6 is 15.9 Å². The third-order valence-corrected chi connectivity index (χ3v) is 4.41. The van der Waals surface area contributed by atoms with Crippen LogP contribution < -0.4 is 9.47 Å². The second-order valence-corrected chi connectivity index (χ2v) is 5.71. The summed E-state index contributed by atoms with van der Waals surface area (Å²) in [7, 11) is 3.41. The minimum Gasteiger partial charge on any atom is -0.497 e. The molecule has 1 aliphatic carbocycles. The predicted molar refractivity (Wildman–Crippen MR) is 73.2 cm³/mol. The Labute approximate surface area is 111 Å². The normalized spacial score (nSPS) is 17.4. The number of alkyl halides is 1. The van der Waals surface area contributed by atoms with E-state index in [4.69, 9.17) is 9.47 Å². The fraction of sp³-hybridized carbons (Fsp3) is 0.571. The lowest BCUT2D eigenvalue weighted by Crippen LogP contribution is -2.13. The first kappa shape index (κ1) is 12.7. The Morgan fingerprint density at radius 2 is 2.06 bits per heavy atom. The molecule has 1 aromatic rings. The molecule has 1 unspecified atom stereocenters. The third kappa shape index (κ3) is 2.95. The standard InChI is InChI=1S/C14H19BrO2/c1-16-11-6-7-14(17-2)12(9-11)13(15)8-10-4-3-5-10/h6-7,9-10,13H,3-5,8H2,1-2H3. The first-order valence-corrected chi connectivity index (χ1v) is 7.02. The van der Waals surface area contributed by atoms with Gasteiger partial charge in [0.15, 0.2) is 0 Å². The van der Waals surface area contributed by atoms with Gasteiger partial charge in [0.05, 0.1) is 14.2 Å². The van der Waals surface area contributed by atoms with Crippen molar-refractivity contribution in [2.75, 3.05) is 14.2 Å². The summed E-state index contributed by atoms with van der Waals surface area (Å²) < 4.78 is 10.7. The summed E-state index contributed by atoms with van der Waals surface area (Å²) in [5.74, 6) is 2.70. The van der Waals surface area contributed by atoms with E-state index in [1.165, 1.54) is 31.2 Å². The van der Waals surface area contributed by atoms with Crippen LogP contribution in [0.3, 0.4) is 0 Å². The molecule has 0 spiro atoms. The molecule has 1 fully saturated rings. The fourth-order valence-electron chi connectivity index (χ4n) is 2.23. The maximum atomic E-state index is 5.41. The average Bonchev–Trinajstić information content (AvgIpc) is 2.32. The summed E-state index contributed by atoms with van der Waals surface area (Å²) in [6.07, 6.45) is 5.31. The number of benzene rings is 1. The topological polar surface area (TPSA) is 18.5 Å². The van der Waals surface area contributed by atoms with Gasteiger partial charge in [0.2, 0.25) is 0 Å². The summed E-state index contributed by atoms with van der Waals surface area (Å²) in [4.78, 5) is 0.359. The number of ether oxygens (including phenoxy) is 2. The highest BCUT2D eigenvalue weighted by Crippen LogP contribution is 2.42. The van der Waals surface area contributed by atoms with Gasteiger partial charge >= 0.3 is 0 Å². The molecule has 0 aliphatic heterocycles. The van der Waals surface area contributed by atoms with Crippen molar-refractivity contribution in [1.29, 1.82) is 0 Å². The van der Waals surface area contributed by atoms with Gasteiger partial charge in [-0.25, -0.2) is 0 Å². The SMILES string of the molecule is COc1ccc(OC)c(C(Br)CC2CCC2)c1. The third-order valence-electron chi connectivity index (χ3n) is 3.54. The van der Waals surface area contributed by atoms with Gasteiger partial charge in [-0.15, -0.1) is 0 Å². The zero-order valence-corrected chi connectivity index (χ0v) is 12.0. The first-order chi connectivity index (χ1) is 8.24. The van der Waals surface area contributed by atoms with Crippen LogP contribution in [0.15, 0.2) is 18.2 Å².